The molecule has 1 saturated heterocycles. The third-order valence-electron chi connectivity index (χ3n) is 6.25. The molecule has 0 aliphatic carbocycles. The number of carboxylic acids is 1. The lowest BCUT2D eigenvalue weighted by Crippen LogP contribution is -2.42. The first-order chi connectivity index (χ1) is 16.3. The van der Waals surface area contributed by atoms with E-state index in [0.717, 1.165) is 31.6 Å². The van der Waals surface area contributed by atoms with Crippen molar-refractivity contribution in [3.05, 3.63) is 90.0 Å². The van der Waals surface area contributed by atoms with E-state index in [-0.39, 0.29) is 17.1 Å². The molecule has 0 spiro atoms. The zero-order valence-corrected chi connectivity index (χ0v) is 19.5. The Morgan fingerprint density at radius 1 is 0.941 bits per heavy atom. The van der Waals surface area contributed by atoms with Gasteiger partial charge in [-0.1, -0.05) is 42.5 Å². The van der Waals surface area contributed by atoms with E-state index in [1.54, 1.807) is 24.3 Å². The number of benzene rings is 3. The highest BCUT2D eigenvalue weighted by Crippen LogP contribution is 2.30. The lowest BCUT2D eigenvalue weighted by atomic mass is 9.89. The van der Waals surface area contributed by atoms with Gasteiger partial charge in [0.15, 0.2) is 0 Å². The largest absolute Gasteiger partial charge is 0.508 e. The van der Waals surface area contributed by atoms with Crippen LogP contribution in [-0.4, -0.2) is 43.7 Å². The van der Waals surface area contributed by atoms with Gasteiger partial charge >= 0.3 is 5.97 Å². The molecule has 1 heterocycles. The SMILES string of the molecule is O=C(O)[C@H](Cc1ccc(O)cc1)NS(=O)(=O)c1ccc(N2CCC(c3ccccc3)CC2)cc1. The second-order valence-corrected chi connectivity index (χ2v) is 10.3. The second-order valence-electron chi connectivity index (χ2n) is 8.55. The van der Waals surface area contributed by atoms with E-state index in [1.165, 1.54) is 29.8 Å². The van der Waals surface area contributed by atoms with Crippen molar-refractivity contribution in [1.29, 1.82) is 0 Å². The monoisotopic (exact) mass is 480 g/mol. The maximum absolute atomic E-state index is 12.9. The van der Waals surface area contributed by atoms with E-state index < -0.39 is 22.0 Å². The first-order valence-corrected chi connectivity index (χ1v) is 12.7. The van der Waals surface area contributed by atoms with Gasteiger partial charge in [-0.05, 0) is 72.7 Å². The summed E-state index contributed by atoms with van der Waals surface area (Å²) in [5, 5.41) is 18.9. The van der Waals surface area contributed by atoms with Crippen LogP contribution >= 0.6 is 0 Å². The molecule has 0 amide bonds. The van der Waals surface area contributed by atoms with Crippen LogP contribution in [0, 0.1) is 0 Å². The molecule has 3 N–H and O–H groups in total. The van der Waals surface area contributed by atoms with E-state index in [4.69, 9.17) is 0 Å². The van der Waals surface area contributed by atoms with Crippen molar-refractivity contribution in [1.82, 2.24) is 4.72 Å². The van der Waals surface area contributed by atoms with Crippen molar-refractivity contribution in [3.8, 4) is 5.75 Å². The number of aliphatic carboxylic acids is 1. The summed E-state index contributed by atoms with van der Waals surface area (Å²) in [5.74, 6) is -0.682. The highest BCUT2D eigenvalue weighted by molar-refractivity contribution is 7.89. The van der Waals surface area contributed by atoms with E-state index in [2.05, 4.69) is 33.9 Å². The summed E-state index contributed by atoms with van der Waals surface area (Å²) >= 11 is 0. The molecule has 4 rings (SSSR count). The smallest absolute Gasteiger partial charge is 0.322 e. The van der Waals surface area contributed by atoms with E-state index >= 15 is 0 Å². The van der Waals surface area contributed by atoms with Gasteiger partial charge < -0.3 is 15.1 Å². The minimum Gasteiger partial charge on any atom is -0.508 e. The van der Waals surface area contributed by atoms with Crippen molar-refractivity contribution in [2.75, 3.05) is 18.0 Å². The Balaban J connectivity index is 1.40. The summed E-state index contributed by atoms with van der Waals surface area (Å²) in [6.07, 6.45) is 2.02. The lowest BCUT2D eigenvalue weighted by molar-refractivity contribution is -0.138. The number of aromatic hydroxyl groups is 1. The molecule has 1 aliphatic rings. The van der Waals surface area contributed by atoms with Crippen LogP contribution in [0.2, 0.25) is 0 Å². The average Bonchev–Trinajstić information content (AvgIpc) is 2.85. The average molecular weight is 481 g/mol. The fourth-order valence-corrected chi connectivity index (χ4v) is 5.52. The maximum Gasteiger partial charge on any atom is 0.322 e. The van der Waals surface area contributed by atoms with E-state index in [0.29, 0.717) is 11.5 Å². The number of nitrogens with one attached hydrogen (secondary N) is 1. The Morgan fingerprint density at radius 2 is 1.56 bits per heavy atom. The minimum atomic E-state index is -4.02. The third kappa shape index (κ3) is 5.76. The first kappa shape index (κ1) is 23.8. The van der Waals surface area contributed by atoms with Crippen LogP contribution in [0.3, 0.4) is 0 Å². The van der Waals surface area contributed by atoms with Gasteiger partial charge in [0.2, 0.25) is 10.0 Å². The Kier molecular flexibility index (Phi) is 7.19. The van der Waals surface area contributed by atoms with Crippen molar-refractivity contribution in [2.24, 2.45) is 0 Å². The van der Waals surface area contributed by atoms with Gasteiger partial charge in [-0.2, -0.15) is 4.72 Å². The van der Waals surface area contributed by atoms with Crippen LogP contribution in [0.15, 0.2) is 83.8 Å². The summed E-state index contributed by atoms with van der Waals surface area (Å²) < 4.78 is 28.0. The van der Waals surface area contributed by atoms with Gasteiger partial charge in [-0.3, -0.25) is 4.79 Å². The van der Waals surface area contributed by atoms with Gasteiger partial charge in [0.25, 0.3) is 0 Å². The second kappa shape index (κ2) is 10.3. The van der Waals surface area contributed by atoms with Crippen LogP contribution in [0.25, 0.3) is 0 Å². The van der Waals surface area contributed by atoms with E-state index in [9.17, 15) is 23.4 Å². The molecule has 3 aromatic carbocycles. The molecule has 0 saturated carbocycles. The molecule has 0 radical (unpaired) electrons. The van der Waals surface area contributed by atoms with Crippen molar-refractivity contribution in [3.63, 3.8) is 0 Å². The van der Waals surface area contributed by atoms with Crippen molar-refractivity contribution >= 4 is 21.7 Å². The molecule has 3 aromatic rings. The van der Waals surface area contributed by atoms with Gasteiger partial charge in [-0.25, -0.2) is 8.42 Å². The Labute approximate surface area is 199 Å². The molecule has 8 heteroatoms. The first-order valence-electron chi connectivity index (χ1n) is 11.2. The fourth-order valence-electron chi connectivity index (χ4n) is 4.33. The van der Waals surface area contributed by atoms with Crippen molar-refractivity contribution < 1.29 is 23.4 Å². The van der Waals surface area contributed by atoms with Gasteiger partial charge in [-0.15, -0.1) is 0 Å². The number of sulfonamides is 1. The normalized spacial score (nSPS) is 15.7. The van der Waals surface area contributed by atoms with E-state index in [1.807, 2.05) is 6.07 Å². The van der Waals surface area contributed by atoms with Gasteiger partial charge in [0, 0.05) is 18.8 Å². The van der Waals surface area contributed by atoms with Crippen LogP contribution in [0.5, 0.6) is 5.75 Å². The molecule has 1 fully saturated rings. The number of hydrogen-bond donors (Lipinski definition) is 3. The molecule has 178 valence electrons. The molecule has 0 bridgehead atoms. The zero-order valence-electron chi connectivity index (χ0n) is 18.7. The number of phenolic OH excluding ortho intramolecular Hbond substituents is 1. The van der Waals surface area contributed by atoms with Crippen LogP contribution in [0.4, 0.5) is 5.69 Å². The molecular formula is C26H28N2O5S. The number of carboxylic acid groups (broad SMARTS) is 1. The number of phenols is 1. The van der Waals surface area contributed by atoms with Gasteiger partial charge in [0.05, 0.1) is 4.90 Å². The highest BCUT2D eigenvalue weighted by Gasteiger charge is 2.26. The maximum atomic E-state index is 12.9. The Morgan fingerprint density at radius 3 is 2.15 bits per heavy atom. The van der Waals surface area contributed by atoms with Crippen molar-refractivity contribution in [2.45, 2.75) is 36.1 Å². The third-order valence-corrected chi connectivity index (χ3v) is 7.74. The predicted octanol–water partition coefficient (Wildman–Crippen LogP) is 3.75. The lowest BCUT2D eigenvalue weighted by Gasteiger charge is -2.34. The standard InChI is InChI=1S/C26H28N2O5S/c29-23-10-6-19(7-11-23)18-25(26(30)31)27-34(32,33)24-12-8-22(9-13-24)28-16-14-21(15-17-28)20-4-2-1-3-5-20/h1-13,21,25,27,29H,14-18H2,(H,30,31)/t25-/m0/s1. The summed E-state index contributed by atoms with van der Waals surface area (Å²) in [7, 11) is -4.02. The van der Waals surface area contributed by atoms with Crippen LogP contribution in [-0.2, 0) is 21.2 Å². The zero-order chi connectivity index (χ0) is 24.1. The number of piperidine rings is 1. The number of carbonyl (C=O) groups is 1. The van der Waals surface area contributed by atoms with Crippen LogP contribution in [0.1, 0.15) is 29.9 Å². The number of nitrogens with zero attached hydrogens (tertiary/aromatic N) is 1. The molecule has 7 nitrogen and oxygen atoms in total. The summed E-state index contributed by atoms with van der Waals surface area (Å²) in [6.45, 7) is 1.77. The molecule has 0 aromatic heterocycles. The summed E-state index contributed by atoms with van der Waals surface area (Å²) in [6, 6.07) is 21.7. The molecular weight excluding hydrogens is 452 g/mol. The summed E-state index contributed by atoms with van der Waals surface area (Å²) in [4.78, 5) is 14.0. The Hall–Kier alpha value is -3.36. The summed E-state index contributed by atoms with van der Waals surface area (Å²) in [5.41, 5.74) is 2.90. The molecule has 1 atom stereocenters. The fraction of sp³-hybridized carbons (Fsp3) is 0.269. The quantitative estimate of drug-likeness (QED) is 0.453. The number of rotatable bonds is 8. The predicted molar refractivity (Wildman–Crippen MR) is 131 cm³/mol. The van der Waals surface area contributed by atoms with Gasteiger partial charge in [0.1, 0.15) is 11.8 Å². The Bertz CT molecular complexity index is 1200. The minimum absolute atomic E-state index is 0.0207. The highest BCUT2D eigenvalue weighted by atomic mass is 32.2. The topological polar surface area (TPSA) is 107 Å². The number of anilines is 1. The molecule has 0 unspecified atom stereocenters. The number of hydrogen-bond acceptors (Lipinski definition) is 5. The molecule has 34 heavy (non-hydrogen) atoms. The van der Waals surface area contributed by atoms with Crippen LogP contribution < -0.4 is 9.62 Å². The molecule has 1 aliphatic heterocycles.